The van der Waals surface area contributed by atoms with Crippen molar-refractivity contribution < 1.29 is 8.42 Å². The van der Waals surface area contributed by atoms with E-state index in [2.05, 4.69) is 33.7 Å². The van der Waals surface area contributed by atoms with Crippen molar-refractivity contribution in [1.82, 2.24) is 4.98 Å². The smallest absolute Gasteiger partial charge is 0.261 e. The van der Waals surface area contributed by atoms with E-state index in [4.69, 9.17) is 0 Å². The SMILES string of the molecule is Cc1ccc(S(=O)(=O)Nc2ccc(N3c4ccccc4CC3C)nc2)cc1. The molecule has 138 valence electrons. The van der Waals surface area contributed by atoms with Crippen LogP contribution in [0.3, 0.4) is 0 Å². The van der Waals surface area contributed by atoms with Crippen molar-refractivity contribution in [2.75, 3.05) is 9.62 Å². The number of benzene rings is 2. The number of hydrogen-bond acceptors (Lipinski definition) is 4. The highest BCUT2D eigenvalue weighted by atomic mass is 32.2. The van der Waals surface area contributed by atoms with Gasteiger partial charge in [-0.25, -0.2) is 13.4 Å². The zero-order valence-corrected chi connectivity index (χ0v) is 16.1. The molecule has 0 bridgehead atoms. The third-order valence-electron chi connectivity index (χ3n) is 4.79. The van der Waals surface area contributed by atoms with E-state index >= 15 is 0 Å². The van der Waals surface area contributed by atoms with Crippen molar-refractivity contribution in [3.63, 3.8) is 0 Å². The molecule has 0 fully saturated rings. The van der Waals surface area contributed by atoms with Crippen LogP contribution in [0.2, 0.25) is 0 Å². The van der Waals surface area contributed by atoms with Crippen LogP contribution in [0.15, 0.2) is 71.8 Å². The molecule has 1 atom stereocenters. The number of hydrogen-bond donors (Lipinski definition) is 1. The lowest BCUT2D eigenvalue weighted by Gasteiger charge is -2.24. The van der Waals surface area contributed by atoms with Crippen LogP contribution in [-0.4, -0.2) is 19.4 Å². The van der Waals surface area contributed by atoms with Crippen molar-refractivity contribution in [2.24, 2.45) is 0 Å². The summed E-state index contributed by atoms with van der Waals surface area (Å²) in [5.74, 6) is 0.811. The normalized spacial score (nSPS) is 16.2. The Kier molecular flexibility index (Phi) is 4.36. The second-order valence-electron chi connectivity index (χ2n) is 6.88. The van der Waals surface area contributed by atoms with Crippen LogP contribution in [-0.2, 0) is 16.4 Å². The van der Waals surface area contributed by atoms with Gasteiger partial charge in [-0.1, -0.05) is 35.9 Å². The molecule has 0 spiro atoms. The van der Waals surface area contributed by atoms with Gasteiger partial charge in [0.25, 0.3) is 10.0 Å². The second kappa shape index (κ2) is 6.70. The summed E-state index contributed by atoms with van der Waals surface area (Å²) in [5.41, 5.74) is 3.92. The second-order valence-corrected chi connectivity index (χ2v) is 8.56. The minimum atomic E-state index is -3.63. The molecule has 1 aliphatic rings. The van der Waals surface area contributed by atoms with Gasteiger partial charge >= 0.3 is 0 Å². The molecule has 5 nitrogen and oxygen atoms in total. The number of rotatable bonds is 4. The highest BCUT2D eigenvalue weighted by Crippen LogP contribution is 2.37. The number of fused-ring (bicyclic) bond motifs is 1. The van der Waals surface area contributed by atoms with E-state index in [0.717, 1.165) is 23.5 Å². The number of pyridine rings is 1. The Morgan fingerprint density at radius 3 is 2.48 bits per heavy atom. The summed E-state index contributed by atoms with van der Waals surface area (Å²) in [6.07, 6.45) is 2.54. The molecule has 1 aliphatic heterocycles. The Balaban J connectivity index is 1.57. The Hall–Kier alpha value is -2.86. The predicted molar refractivity (Wildman–Crippen MR) is 108 cm³/mol. The first kappa shape index (κ1) is 17.5. The van der Waals surface area contributed by atoms with Crippen molar-refractivity contribution in [3.05, 3.63) is 78.0 Å². The van der Waals surface area contributed by atoms with Crippen LogP contribution >= 0.6 is 0 Å². The quantitative estimate of drug-likeness (QED) is 0.735. The summed E-state index contributed by atoms with van der Waals surface area (Å²) in [5, 5.41) is 0. The summed E-state index contributed by atoms with van der Waals surface area (Å²) >= 11 is 0. The zero-order chi connectivity index (χ0) is 19.0. The first-order chi connectivity index (χ1) is 12.9. The summed E-state index contributed by atoms with van der Waals surface area (Å²) in [4.78, 5) is 6.92. The fourth-order valence-electron chi connectivity index (χ4n) is 3.44. The zero-order valence-electron chi connectivity index (χ0n) is 15.3. The van der Waals surface area contributed by atoms with E-state index in [0.29, 0.717) is 11.7 Å². The molecule has 1 unspecified atom stereocenters. The van der Waals surface area contributed by atoms with Gasteiger partial charge in [-0.3, -0.25) is 4.72 Å². The molecule has 3 aromatic rings. The Morgan fingerprint density at radius 1 is 1.04 bits per heavy atom. The third-order valence-corrected chi connectivity index (χ3v) is 6.18. The fourth-order valence-corrected chi connectivity index (χ4v) is 4.48. The lowest BCUT2D eigenvalue weighted by molar-refractivity contribution is 0.601. The van der Waals surface area contributed by atoms with Crippen molar-refractivity contribution in [2.45, 2.75) is 31.2 Å². The maximum absolute atomic E-state index is 12.5. The Bertz CT molecular complexity index is 1060. The van der Waals surface area contributed by atoms with Crippen LogP contribution in [0, 0.1) is 6.92 Å². The summed E-state index contributed by atoms with van der Waals surface area (Å²) in [7, 11) is -3.63. The molecule has 1 N–H and O–H groups in total. The maximum Gasteiger partial charge on any atom is 0.261 e. The molecule has 2 heterocycles. The number of aryl methyl sites for hydroxylation is 1. The molecule has 0 aliphatic carbocycles. The van der Waals surface area contributed by atoms with Gasteiger partial charge in [0, 0.05) is 11.7 Å². The van der Waals surface area contributed by atoms with Gasteiger partial charge in [0.05, 0.1) is 16.8 Å². The number of aromatic nitrogens is 1. The molecule has 27 heavy (non-hydrogen) atoms. The van der Waals surface area contributed by atoms with Crippen molar-refractivity contribution in [3.8, 4) is 0 Å². The van der Waals surface area contributed by atoms with Crippen molar-refractivity contribution in [1.29, 1.82) is 0 Å². The molecule has 0 amide bonds. The molecular formula is C21H21N3O2S. The summed E-state index contributed by atoms with van der Waals surface area (Å²) < 4.78 is 27.6. The van der Waals surface area contributed by atoms with Gasteiger partial charge in [0.15, 0.2) is 0 Å². The van der Waals surface area contributed by atoms with Crippen LogP contribution < -0.4 is 9.62 Å². The van der Waals surface area contributed by atoms with E-state index < -0.39 is 10.0 Å². The number of nitrogens with one attached hydrogen (secondary N) is 1. The number of para-hydroxylation sites is 1. The first-order valence-electron chi connectivity index (χ1n) is 8.87. The minimum Gasteiger partial charge on any atom is -0.323 e. The van der Waals surface area contributed by atoms with Gasteiger partial charge in [0.1, 0.15) is 5.82 Å². The topological polar surface area (TPSA) is 62.3 Å². The van der Waals surface area contributed by atoms with Crippen LogP contribution in [0.1, 0.15) is 18.1 Å². The number of anilines is 3. The predicted octanol–water partition coefficient (Wildman–Crippen LogP) is 4.27. The molecule has 4 rings (SSSR count). The van der Waals surface area contributed by atoms with E-state index in [9.17, 15) is 8.42 Å². The molecule has 0 radical (unpaired) electrons. The van der Waals surface area contributed by atoms with E-state index in [1.54, 1.807) is 36.5 Å². The maximum atomic E-state index is 12.5. The van der Waals surface area contributed by atoms with Gasteiger partial charge in [-0.15, -0.1) is 0 Å². The summed E-state index contributed by atoms with van der Waals surface area (Å²) in [6.45, 7) is 4.08. The molecular weight excluding hydrogens is 358 g/mol. The van der Waals surface area contributed by atoms with E-state index in [-0.39, 0.29) is 4.90 Å². The average molecular weight is 379 g/mol. The molecule has 1 aromatic heterocycles. The van der Waals surface area contributed by atoms with Crippen LogP contribution in [0.4, 0.5) is 17.2 Å². The highest BCUT2D eigenvalue weighted by Gasteiger charge is 2.27. The third kappa shape index (κ3) is 3.40. The first-order valence-corrected chi connectivity index (χ1v) is 10.3. The Labute approximate surface area is 159 Å². The van der Waals surface area contributed by atoms with Gasteiger partial charge < -0.3 is 4.90 Å². The van der Waals surface area contributed by atoms with Gasteiger partial charge in [-0.2, -0.15) is 0 Å². The lowest BCUT2D eigenvalue weighted by atomic mass is 10.1. The highest BCUT2D eigenvalue weighted by molar-refractivity contribution is 7.92. The molecule has 0 saturated heterocycles. The van der Waals surface area contributed by atoms with Gasteiger partial charge in [0.2, 0.25) is 0 Å². The molecule has 0 saturated carbocycles. The minimum absolute atomic E-state index is 0.235. The lowest BCUT2D eigenvalue weighted by Crippen LogP contribution is -2.24. The van der Waals surface area contributed by atoms with Crippen LogP contribution in [0.25, 0.3) is 0 Å². The Morgan fingerprint density at radius 2 is 1.78 bits per heavy atom. The van der Waals surface area contributed by atoms with Crippen molar-refractivity contribution >= 4 is 27.2 Å². The fraction of sp³-hybridized carbons (Fsp3) is 0.190. The number of nitrogens with zero attached hydrogens (tertiary/aromatic N) is 2. The monoisotopic (exact) mass is 379 g/mol. The van der Waals surface area contributed by atoms with Gasteiger partial charge in [-0.05, 0) is 56.2 Å². The number of sulfonamides is 1. The average Bonchev–Trinajstić information content (AvgIpc) is 2.98. The standard InChI is InChI=1S/C21H21N3O2S/c1-15-7-10-19(11-8-15)27(25,26)23-18-9-12-21(22-14-18)24-16(2)13-17-5-3-4-6-20(17)24/h3-12,14,16,23H,13H2,1-2H3. The summed E-state index contributed by atoms with van der Waals surface area (Å²) in [6, 6.07) is 19.0. The molecule has 6 heteroatoms. The van der Waals surface area contributed by atoms with E-state index in [1.165, 1.54) is 5.56 Å². The van der Waals surface area contributed by atoms with Crippen LogP contribution in [0.5, 0.6) is 0 Å². The van der Waals surface area contributed by atoms with E-state index in [1.807, 2.05) is 25.1 Å². The molecule has 2 aromatic carbocycles. The largest absolute Gasteiger partial charge is 0.323 e.